The van der Waals surface area contributed by atoms with Crippen molar-refractivity contribution in [2.45, 2.75) is 6.42 Å². The molecule has 66 valence electrons. The first-order valence-electron chi connectivity index (χ1n) is 4.12. The molecular formula is C10H15NO. The van der Waals surface area contributed by atoms with Crippen LogP contribution >= 0.6 is 0 Å². The number of rotatable bonds is 3. The van der Waals surface area contributed by atoms with Crippen LogP contribution in [0, 0.1) is 0 Å². The lowest BCUT2D eigenvalue weighted by Gasteiger charge is -2.08. The Morgan fingerprint density at radius 3 is 3.00 bits per heavy atom. The summed E-state index contributed by atoms with van der Waals surface area (Å²) in [6, 6.07) is 0. The first kappa shape index (κ1) is 9.07. The molecule has 0 unspecified atom stereocenters. The van der Waals surface area contributed by atoms with E-state index in [0.717, 1.165) is 18.7 Å². The monoisotopic (exact) mass is 165 g/mol. The Balaban J connectivity index is 2.78. The predicted molar refractivity (Wildman–Crippen MR) is 50.9 cm³/mol. The second-order valence-electron chi connectivity index (χ2n) is 2.67. The van der Waals surface area contributed by atoms with E-state index in [4.69, 9.17) is 4.74 Å². The lowest BCUT2D eigenvalue weighted by atomic mass is 10.2. The van der Waals surface area contributed by atoms with Crippen LogP contribution in [0.1, 0.15) is 6.42 Å². The Morgan fingerprint density at radius 2 is 2.33 bits per heavy atom. The highest BCUT2D eigenvalue weighted by Crippen LogP contribution is 2.14. The van der Waals surface area contributed by atoms with E-state index >= 15 is 0 Å². The second kappa shape index (κ2) is 4.78. The van der Waals surface area contributed by atoms with Gasteiger partial charge in [0, 0.05) is 18.5 Å². The number of likely N-dealkylation sites (N-methyl/N-ethyl adjacent to an activating group) is 1. The van der Waals surface area contributed by atoms with Gasteiger partial charge in [0.2, 0.25) is 0 Å². The molecule has 1 aliphatic rings. The van der Waals surface area contributed by atoms with Crippen LogP contribution in [0.25, 0.3) is 0 Å². The number of hydrogen-bond acceptors (Lipinski definition) is 2. The molecule has 1 aliphatic carbocycles. The summed E-state index contributed by atoms with van der Waals surface area (Å²) in [6.07, 6.45) is 9.15. The third kappa shape index (κ3) is 2.24. The molecule has 0 spiro atoms. The van der Waals surface area contributed by atoms with Crippen molar-refractivity contribution in [3.8, 4) is 0 Å². The average Bonchev–Trinajstić information content (AvgIpc) is 2.30. The molecule has 0 aromatic heterocycles. The largest absolute Gasteiger partial charge is 0.500 e. The number of hydrogen-bond donors (Lipinski definition) is 1. The van der Waals surface area contributed by atoms with Crippen LogP contribution in [-0.4, -0.2) is 20.7 Å². The molecule has 0 bridgehead atoms. The fourth-order valence-corrected chi connectivity index (χ4v) is 1.21. The first-order valence-corrected chi connectivity index (χ1v) is 4.12. The molecule has 0 atom stereocenters. The standard InChI is InChI=1S/C10H15NO/c1-11-8-9-6-4-3-5-7-10(9)12-2/h3-6,11H,7-8H2,1-2H3. The Kier molecular flexibility index (Phi) is 3.61. The highest BCUT2D eigenvalue weighted by atomic mass is 16.5. The maximum Gasteiger partial charge on any atom is 0.104 e. The summed E-state index contributed by atoms with van der Waals surface area (Å²) in [5.41, 5.74) is 1.23. The van der Waals surface area contributed by atoms with E-state index in [9.17, 15) is 0 Å². The molecule has 1 N–H and O–H groups in total. The topological polar surface area (TPSA) is 21.3 Å². The van der Waals surface area contributed by atoms with Gasteiger partial charge in [0.1, 0.15) is 5.76 Å². The third-order valence-corrected chi connectivity index (χ3v) is 1.82. The number of methoxy groups -OCH3 is 1. The van der Waals surface area contributed by atoms with Crippen molar-refractivity contribution in [1.82, 2.24) is 5.32 Å². The van der Waals surface area contributed by atoms with Crippen LogP contribution in [0.5, 0.6) is 0 Å². The summed E-state index contributed by atoms with van der Waals surface area (Å²) < 4.78 is 5.27. The van der Waals surface area contributed by atoms with Gasteiger partial charge in [0.25, 0.3) is 0 Å². The Bertz CT molecular complexity index is 226. The molecule has 0 aromatic carbocycles. The quantitative estimate of drug-likeness (QED) is 0.686. The lowest BCUT2D eigenvalue weighted by Crippen LogP contribution is -2.11. The maximum atomic E-state index is 5.27. The molecule has 0 heterocycles. The normalized spacial score (nSPS) is 16.5. The van der Waals surface area contributed by atoms with Gasteiger partial charge in [0.05, 0.1) is 7.11 Å². The van der Waals surface area contributed by atoms with Crippen molar-refractivity contribution in [2.75, 3.05) is 20.7 Å². The zero-order valence-corrected chi connectivity index (χ0v) is 7.63. The molecule has 1 rings (SSSR count). The van der Waals surface area contributed by atoms with Crippen LogP contribution in [0.4, 0.5) is 0 Å². The number of nitrogens with one attached hydrogen (secondary N) is 1. The number of ether oxygens (including phenoxy) is 1. The molecule has 0 aromatic rings. The van der Waals surface area contributed by atoms with Gasteiger partial charge in [-0.25, -0.2) is 0 Å². The fraction of sp³-hybridized carbons (Fsp3) is 0.400. The minimum Gasteiger partial charge on any atom is -0.500 e. The molecule has 2 nitrogen and oxygen atoms in total. The summed E-state index contributed by atoms with van der Waals surface area (Å²) in [6.45, 7) is 0.862. The molecule has 2 heteroatoms. The van der Waals surface area contributed by atoms with E-state index in [0.29, 0.717) is 0 Å². The van der Waals surface area contributed by atoms with Gasteiger partial charge in [-0.15, -0.1) is 0 Å². The SMILES string of the molecule is CNCC1=C(OC)CC=CC=C1. The van der Waals surface area contributed by atoms with E-state index in [1.54, 1.807) is 7.11 Å². The molecule has 0 fully saturated rings. The third-order valence-electron chi connectivity index (χ3n) is 1.82. The van der Waals surface area contributed by atoms with Gasteiger partial charge < -0.3 is 10.1 Å². The minimum absolute atomic E-state index is 0.862. The molecule has 0 saturated heterocycles. The van der Waals surface area contributed by atoms with Crippen molar-refractivity contribution < 1.29 is 4.74 Å². The Hall–Kier alpha value is -1.02. The van der Waals surface area contributed by atoms with E-state index < -0.39 is 0 Å². The van der Waals surface area contributed by atoms with Crippen molar-refractivity contribution in [3.05, 3.63) is 35.6 Å². The summed E-state index contributed by atoms with van der Waals surface area (Å²) in [4.78, 5) is 0. The summed E-state index contributed by atoms with van der Waals surface area (Å²) >= 11 is 0. The van der Waals surface area contributed by atoms with Gasteiger partial charge in [-0.1, -0.05) is 24.3 Å². The van der Waals surface area contributed by atoms with E-state index in [-0.39, 0.29) is 0 Å². The highest BCUT2D eigenvalue weighted by Gasteiger charge is 2.03. The average molecular weight is 165 g/mol. The van der Waals surface area contributed by atoms with Crippen LogP contribution in [0.2, 0.25) is 0 Å². The molecule has 0 aliphatic heterocycles. The maximum absolute atomic E-state index is 5.27. The van der Waals surface area contributed by atoms with E-state index in [1.807, 2.05) is 19.2 Å². The minimum atomic E-state index is 0.862. The van der Waals surface area contributed by atoms with E-state index in [2.05, 4.69) is 17.5 Å². The van der Waals surface area contributed by atoms with Gasteiger partial charge in [-0.3, -0.25) is 0 Å². The van der Waals surface area contributed by atoms with Gasteiger partial charge in [-0.05, 0) is 7.05 Å². The van der Waals surface area contributed by atoms with Crippen molar-refractivity contribution in [2.24, 2.45) is 0 Å². The van der Waals surface area contributed by atoms with Gasteiger partial charge in [0.15, 0.2) is 0 Å². The van der Waals surface area contributed by atoms with Crippen molar-refractivity contribution in [1.29, 1.82) is 0 Å². The summed E-state index contributed by atoms with van der Waals surface area (Å²) in [7, 11) is 3.66. The van der Waals surface area contributed by atoms with Crippen LogP contribution < -0.4 is 5.32 Å². The van der Waals surface area contributed by atoms with Crippen LogP contribution in [0.3, 0.4) is 0 Å². The molecule has 0 amide bonds. The molecular weight excluding hydrogens is 150 g/mol. The molecule has 12 heavy (non-hydrogen) atoms. The van der Waals surface area contributed by atoms with E-state index in [1.165, 1.54) is 5.57 Å². The Labute approximate surface area is 73.6 Å². The molecule has 0 radical (unpaired) electrons. The van der Waals surface area contributed by atoms with Crippen molar-refractivity contribution >= 4 is 0 Å². The zero-order chi connectivity index (χ0) is 8.81. The smallest absolute Gasteiger partial charge is 0.104 e. The number of allylic oxidation sites excluding steroid dienone is 3. The van der Waals surface area contributed by atoms with Gasteiger partial charge in [-0.2, -0.15) is 0 Å². The zero-order valence-electron chi connectivity index (χ0n) is 7.63. The van der Waals surface area contributed by atoms with Gasteiger partial charge >= 0.3 is 0 Å². The summed E-state index contributed by atoms with van der Waals surface area (Å²) in [5.74, 6) is 1.05. The van der Waals surface area contributed by atoms with Crippen LogP contribution in [0.15, 0.2) is 35.6 Å². The van der Waals surface area contributed by atoms with Crippen molar-refractivity contribution in [3.63, 3.8) is 0 Å². The first-order chi connectivity index (χ1) is 5.88. The fourth-order valence-electron chi connectivity index (χ4n) is 1.21. The Morgan fingerprint density at radius 1 is 1.50 bits per heavy atom. The molecule has 0 saturated carbocycles. The lowest BCUT2D eigenvalue weighted by molar-refractivity contribution is 0.280. The predicted octanol–water partition coefficient (Wildman–Crippen LogP) is 1.62. The summed E-state index contributed by atoms with van der Waals surface area (Å²) in [5, 5.41) is 3.11. The second-order valence-corrected chi connectivity index (χ2v) is 2.67. The van der Waals surface area contributed by atoms with Crippen LogP contribution in [-0.2, 0) is 4.74 Å². The highest BCUT2D eigenvalue weighted by molar-refractivity contribution is 5.30.